The van der Waals surface area contributed by atoms with Crippen LogP contribution in [0.3, 0.4) is 0 Å². The normalized spacial score (nSPS) is 20.9. The summed E-state index contributed by atoms with van der Waals surface area (Å²) in [6, 6.07) is 2.02. The van der Waals surface area contributed by atoms with Crippen molar-refractivity contribution in [3.63, 3.8) is 0 Å². The number of hydrogen-bond acceptors (Lipinski definition) is 2. The molecule has 1 fully saturated rings. The van der Waals surface area contributed by atoms with Crippen molar-refractivity contribution >= 4 is 22.8 Å². The van der Waals surface area contributed by atoms with Crippen LogP contribution in [-0.2, 0) is 13.0 Å². The number of nitrogens with zero attached hydrogens (tertiary/aromatic N) is 3. The van der Waals surface area contributed by atoms with E-state index in [2.05, 4.69) is 30.3 Å². The number of fused-ring (bicyclic) bond motifs is 1. The number of hydrogen-bond donors (Lipinski definition) is 0. The van der Waals surface area contributed by atoms with Gasteiger partial charge in [0.15, 0.2) is 5.65 Å². The molecule has 0 saturated heterocycles. The molecule has 2 aromatic heterocycles. The zero-order valence-corrected chi connectivity index (χ0v) is 12.5. The summed E-state index contributed by atoms with van der Waals surface area (Å²) < 4.78 is 2.28. The van der Waals surface area contributed by atoms with Crippen molar-refractivity contribution in [3.05, 3.63) is 23.7 Å². The van der Waals surface area contributed by atoms with Crippen molar-refractivity contribution in [3.8, 4) is 0 Å². The Hall–Kier alpha value is -1.09. The predicted molar refractivity (Wildman–Crippen MR) is 78.6 cm³/mol. The van der Waals surface area contributed by atoms with Crippen LogP contribution in [0.2, 0.25) is 0 Å². The summed E-state index contributed by atoms with van der Waals surface area (Å²) in [7, 11) is 0. The average Bonchev–Trinajstić information content (AvgIpc) is 2.79. The Morgan fingerprint density at radius 1 is 1.47 bits per heavy atom. The number of aryl methyl sites for hydroxylation is 2. The number of alkyl halides is 1. The second-order valence-electron chi connectivity index (χ2n) is 6.27. The first kappa shape index (κ1) is 12.9. The van der Waals surface area contributed by atoms with E-state index >= 15 is 0 Å². The van der Waals surface area contributed by atoms with Crippen LogP contribution < -0.4 is 0 Å². The molecule has 1 unspecified atom stereocenters. The summed E-state index contributed by atoms with van der Waals surface area (Å²) in [6.07, 6.45) is 3.97. The molecule has 1 aliphatic rings. The van der Waals surface area contributed by atoms with Gasteiger partial charge in [-0.15, -0.1) is 11.6 Å². The smallest absolute Gasteiger partial charge is 0.160 e. The average molecular weight is 278 g/mol. The van der Waals surface area contributed by atoms with Crippen LogP contribution in [0, 0.1) is 18.3 Å². The van der Waals surface area contributed by atoms with Gasteiger partial charge in [-0.25, -0.2) is 9.97 Å². The Kier molecular flexibility index (Phi) is 3.05. The third kappa shape index (κ3) is 2.25. The van der Waals surface area contributed by atoms with Crippen LogP contribution in [0.1, 0.15) is 31.7 Å². The van der Waals surface area contributed by atoms with Gasteiger partial charge in [0.05, 0.1) is 0 Å². The Bertz CT molecular complexity index is 615. The largest absolute Gasteiger partial charge is 0.312 e. The predicted octanol–water partition coefficient (Wildman–Crippen LogP) is 3.57. The monoisotopic (exact) mass is 277 g/mol. The number of rotatable bonds is 4. The van der Waals surface area contributed by atoms with E-state index in [4.69, 9.17) is 16.6 Å². The molecule has 0 bridgehead atoms. The highest BCUT2D eigenvalue weighted by Crippen LogP contribution is 2.52. The maximum absolute atomic E-state index is 5.91. The molecule has 1 aliphatic carbocycles. The summed E-state index contributed by atoms with van der Waals surface area (Å²) in [5.41, 5.74) is 3.71. The summed E-state index contributed by atoms with van der Waals surface area (Å²) in [5.74, 6) is 2.42. The lowest BCUT2D eigenvalue weighted by molar-refractivity contribution is 0.495. The van der Waals surface area contributed by atoms with Gasteiger partial charge in [-0.2, -0.15) is 0 Å². The van der Waals surface area contributed by atoms with E-state index in [9.17, 15) is 0 Å². The molecular formula is C15H20ClN3. The van der Waals surface area contributed by atoms with Crippen molar-refractivity contribution in [2.75, 3.05) is 5.88 Å². The van der Waals surface area contributed by atoms with Gasteiger partial charge in [0.1, 0.15) is 11.3 Å². The standard InChI is InChI=1S/C15H20ClN3/c1-10-5-7-17-14-13(10)18-12(4-6-16)19(14)9-11-8-15(11,2)3/h5,7,11H,4,6,8-9H2,1-3H3. The van der Waals surface area contributed by atoms with Crippen LogP contribution >= 0.6 is 11.6 Å². The summed E-state index contributed by atoms with van der Waals surface area (Å²) in [4.78, 5) is 9.28. The number of aromatic nitrogens is 3. The minimum absolute atomic E-state index is 0.471. The Balaban J connectivity index is 2.04. The first-order chi connectivity index (χ1) is 9.03. The van der Waals surface area contributed by atoms with Crippen LogP contribution in [0.15, 0.2) is 12.3 Å². The SMILES string of the molecule is Cc1ccnc2c1nc(CCCl)n2CC1CC1(C)C. The van der Waals surface area contributed by atoms with E-state index in [-0.39, 0.29) is 0 Å². The highest BCUT2D eigenvalue weighted by atomic mass is 35.5. The zero-order valence-electron chi connectivity index (χ0n) is 11.8. The molecule has 0 spiro atoms. The van der Waals surface area contributed by atoms with Gasteiger partial charge in [-0.05, 0) is 36.3 Å². The van der Waals surface area contributed by atoms with Crippen molar-refractivity contribution < 1.29 is 0 Å². The first-order valence-corrected chi connectivity index (χ1v) is 7.43. The van der Waals surface area contributed by atoms with Crippen LogP contribution in [0.25, 0.3) is 11.2 Å². The van der Waals surface area contributed by atoms with Gasteiger partial charge in [0, 0.05) is 25.0 Å². The minimum Gasteiger partial charge on any atom is -0.312 e. The molecule has 2 heterocycles. The van der Waals surface area contributed by atoms with Gasteiger partial charge in [0.25, 0.3) is 0 Å². The summed E-state index contributed by atoms with van der Waals surface area (Å²) in [5, 5.41) is 0. The molecule has 102 valence electrons. The van der Waals surface area contributed by atoms with E-state index in [1.807, 2.05) is 12.3 Å². The maximum atomic E-state index is 5.91. The second-order valence-corrected chi connectivity index (χ2v) is 6.65. The third-order valence-electron chi connectivity index (χ3n) is 4.35. The highest BCUT2D eigenvalue weighted by molar-refractivity contribution is 6.17. The molecule has 0 amide bonds. The molecule has 3 rings (SSSR count). The van der Waals surface area contributed by atoms with Crippen molar-refractivity contribution in [2.24, 2.45) is 11.3 Å². The van der Waals surface area contributed by atoms with E-state index in [0.717, 1.165) is 35.9 Å². The van der Waals surface area contributed by atoms with E-state index in [0.29, 0.717) is 11.3 Å². The second kappa shape index (κ2) is 4.48. The number of pyridine rings is 1. The Morgan fingerprint density at radius 2 is 2.21 bits per heavy atom. The van der Waals surface area contributed by atoms with Crippen molar-refractivity contribution in [2.45, 2.75) is 40.2 Å². The van der Waals surface area contributed by atoms with E-state index in [1.165, 1.54) is 12.0 Å². The zero-order chi connectivity index (χ0) is 13.6. The van der Waals surface area contributed by atoms with Crippen LogP contribution in [-0.4, -0.2) is 20.4 Å². The molecule has 0 aromatic carbocycles. The number of imidazole rings is 1. The van der Waals surface area contributed by atoms with E-state index in [1.54, 1.807) is 0 Å². The fourth-order valence-electron chi connectivity index (χ4n) is 2.76. The topological polar surface area (TPSA) is 30.7 Å². The molecule has 1 atom stereocenters. The Labute approximate surface area is 119 Å². The lowest BCUT2D eigenvalue weighted by atomic mass is 10.1. The molecule has 4 heteroatoms. The highest BCUT2D eigenvalue weighted by Gasteiger charge is 2.45. The molecule has 0 aliphatic heterocycles. The van der Waals surface area contributed by atoms with Gasteiger partial charge >= 0.3 is 0 Å². The van der Waals surface area contributed by atoms with E-state index < -0.39 is 0 Å². The van der Waals surface area contributed by atoms with Gasteiger partial charge in [0.2, 0.25) is 0 Å². The fourth-order valence-corrected chi connectivity index (χ4v) is 2.93. The molecular weight excluding hydrogens is 258 g/mol. The van der Waals surface area contributed by atoms with Crippen molar-refractivity contribution in [1.82, 2.24) is 14.5 Å². The van der Waals surface area contributed by atoms with Crippen LogP contribution in [0.4, 0.5) is 0 Å². The lowest BCUT2D eigenvalue weighted by Crippen LogP contribution is -2.09. The molecule has 19 heavy (non-hydrogen) atoms. The fraction of sp³-hybridized carbons (Fsp3) is 0.600. The van der Waals surface area contributed by atoms with Gasteiger partial charge in [-0.1, -0.05) is 13.8 Å². The van der Waals surface area contributed by atoms with Gasteiger partial charge in [-0.3, -0.25) is 0 Å². The number of halogens is 1. The van der Waals surface area contributed by atoms with Gasteiger partial charge < -0.3 is 4.57 Å². The first-order valence-electron chi connectivity index (χ1n) is 6.89. The molecule has 1 saturated carbocycles. The summed E-state index contributed by atoms with van der Waals surface area (Å²) in [6.45, 7) is 7.77. The van der Waals surface area contributed by atoms with Crippen molar-refractivity contribution in [1.29, 1.82) is 0 Å². The molecule has 2 aromatic rings. The lowest BCUT2D eigenvalue weighted by Gasteiger charge is -2.09. The molecule has 3 nitrogen and oxygen atoms in total. The third-order valence-corrected chi connectivity index (χ3v) is 4.54. The molecule has 0 radical (unpaired) electrons. The minimum atomic E-state index is 0.471. The summed E-state index contributed by atoms with van der Waals surface area (Å²) >= 11 is 5.91. The Morgan fingerprint density at radius 3 is 2.84 bits per heavy atom. The maximum Gasteiger partial charge on any atom is 0.160 e. The van der Waals surface area contributed by atoms with Crippen LogP contribution in [0.5, 0.6) is 0 Å². The quantitative estimate of drug-likeness (QED) is 0.800. The molecule has 0 N–H and O–H groups in total.